The van der Waals surface area contributed by atoms with E-state index in [-0.39, 0.29) is 16.3 Å². The molecule has 202 valence electrons. The van der Waals surface area contributed by atoms with Crippen molar-refractivity contribution < 1.29 is 24.4 Å². The number of rotatable bonds is 4. The van der Waals surface area contributed by atoms with Crippen LogP contribution in [0.1, 0.15) is 48.8 Å². The van der Waals surface area contributed by atoms with Gasteiger partial charge < -0.3 is 14.6 Å². The molecule has 4 saturated carbocycles. The molecule has 1 atom stereocenters. The minimum Gasteiger partial charge on any atom is -0.506 e. The third kappa shape index (κ3) is 3.39. The Morgan fingerprint density at radius 1 is 1.00 bits per heavy atom. The van der Waals surface area contributed by atoms with Gasteiger partial charge in [-0.05, 0) is 80.1 Å². The van der Waals surface area contributed by atoms with E-state index in [0.29, 0.717) is 45.6 Å². The maximum absolute atomic E-state index is 11.2. The summed E-state index contributed by atoms with van der Waals surface area (Å²) in [6.45, 7) is 0. The SMILES string of the molecule is COC1(c2ccc(/C=C/C3=CC(=C(C#N)C#N)c4ccccc4O3)c(O)c2Cl)OOC12C1CC3CC(C1)CC2C3. The molecular formula is C32H27ClN2O5. The molecule has 0 aromatic heterocycles. The molecule has 4 aliphatic carbocycles. The van der Waals surface area contributed by atoms with E-state index in [1.165, 1.54) is 6.42 Å². The Labute approximate surface area is 237 Å². The highest BCUT2D eigenvalue weighted by Crippen LogP contribution is 2.70. The second-order valence-corrected chi connectivity index (χ2v) is 11.8. The van der Waals surface area contributed by atoms with Gasteiger partial charge in [-0.15, -0.1) is 0 Å². The molecule has 1 N–H and O–H groups in total. The summed E-state index contributed by atoms with van der Waals surface area (Å²) in [6, 6.07) is 14.7. The molecule has 5 fully saturated rings. The number of hydrogen-bond acceptors (Lipinski definition) is 7. The molecule has 2 heterocycles. The molecule has 0 amide bonds. The van der Waals surface area contributed by atoms with Crippen LogP contribution in [0, 0.1) is 46.3 Å². The normalized spacial score (nSPS) is 33.1. The summed E-state index contributed by atoms with van der Waals surface area (Å²) in [5.74, 6) is 1.76. The van der Waals surface area contributed by atoms with Crippen LogP contribution in [0.5, 0.6) is 11.5 Å². The fourth-order valence-corrected chi connectivity index (χ4v) is 8.36. The first-order chi connectivity index (χ1) is 19.4. The second kappa shape index (κ2) is 9.23. The first kappa shape index (κ1) is 25.4. The van der Waals surface area contributed by atoms with E-state index in [4.69, 9.17) is 30.8 Å². The highest BCUT2D eigenvalue weighted by Gasteiger charge is 2.77. The van der Waals surface area contributed by atoms with Gasteiger partial charge in [0.05, 0.1) is 5.02 Å². The number of fused-ring (bicyclic) bond motifs is 1. The summed E-state index contributed by atoms with van der Waals surface area (Å²) in [5, 5.41) is 30.3. The standard InChI is InChI=1S/C32H27ClN2O5/c1-37-32(31(39-40-32)22-11-18-10-19(13-22)14-23(31)12-18)27-9-7-20(30(36)29(27)33)6-8-24-15-26(21(16-34)17-35)25-4-2-3-5-28(25)38-24/h2-9,15,18-19,22-23,36H,10-14H2,1H3/b8-6+. The molecule has 2 aromatic rings. The Balaban J connectivity index is 1.23. The summed E-state index contributed by atoms with van der Waals surface area (Å²) in [7, 11) is 1.61. The zero-order chi connectivity index (χ0) is 27.6. The summed E-state index contributed by atoms with van der Waals surface area (Å²) in [6.07, 6.45) is 10.7. The number of phenols is 1. The number of aromatic hydroxyl groups is 1. The lowest BCUT2D eigenvalue weighted by atomic mass is 9.47. The molecule has 2 aliphatic heterocycles. The molecule has 40 heavy (non-hydrogen) atoms. The number of hydrogen-bond donors (Lipinski definition) is 1. The van der Waals surface area contributed by atoms with Gasteiger partial charge in [-0.1, -0.05) is 41.9 Å². The quantitative estimate of drug-likeness (QED) is 0.327. The van der Waals surface area contributed by atoms with E-state index in [0.717, 1.165) is 37.5 Å². The average molecular weight is 555 g/mol. The van der Waals surface area contributed by atoms with Crippen molar-refractivity contribution in [1.29, 1.82) is 10.5 Å². The zero-order valence-electron chi connectivity index (χ0n) is 21.9. The van der Waals surface area contributed by atoms with Crippen LogP contribution in [-0.4, -0.2) is 17.8 Å². The van der Waals surface area contributed by atoms with Gasteiger partial charge in [0.25, 0.3) is 5.79 Å². The first-order valence-electron chi connectivity index (χ1n) is 13.6. The lowest BCUT2D eigenvalue weighted by Crippen LogP contribution is -2.76. The van der Waals surface area contributed by atoms with Gasteiger partial charge in [-0.25, -0.2) is 4.89 Å². The van der Waals surface area contributed by atoms with Crippen LogP contribution in [0.15, 0.2) is 59.9 Å². The van der Waals surface area contributed by atoms with Gasteiger partial charge in [-0.3, -0.25) is 0 Å². The Hall–Kier alpha value is -3.59. The number of phenolic OH excluding ortho intramolecular Hbond substituents is 1. The summed E-state index contributed by atoms with van der Waals surface area (Å²) < 4.78 is 12.1. The van der Waals surface area contributed by atoms with Crippen molar-refractivity contribution in [2.45, 2.75) is 43.5 Å². The van der Waals surface area contributed by atoms with Gasteiger partial charge in [-0.2, -0.15) is 15.4 Å². The number of allylic oxidation sites excluding steroid dienone is 4. The van der Waals surface area contributed by atoms with Crippen LogP contribution in [0.3, 0.4) is 0 Å². The van der Waals surface area contributed by atoms with Crippen molar-refractivity contribution in [3.63, 3.8) is 0 Å². The third-order valence-electron chi connectivity index (χ3n) is 9.56. The van der Waals surface area contributed by atoms with Crippen molar-refractivity contribution in [2.24, 2.45) is 23.7 Å². The predicted octanol–water partition coefficient (Wildman–Crippen LogP) is 6.79. The van der Waals surface area contributed by atoms with Gasteiger partial charge in [0.1, 0.15) is 35.0 Å². The highest BCUT2D eigenvalue weighted by atomic mass is 35.5. The predicted molar refractivity (Wildman–Crippen MR) is 146 cm³/mol. The van der Waals surface area contributed by atoms with Crippen molar-refractivity contribution >= 4 is 23.3 Å². The largest absolute Gasteiger partial charge is 0.506 e. The Morgan fingerprint density at radius 2 is 1.70 bits per heavy atom. The molecule has 8 heteroatoms. The molecule has 1 saturated heterocycles. The maximum atomic E-state index is 11.2. The third-order valence-corrected chi connectivity index (χ3v) is 9.95. The fourth-order valence-electron chi connectivity index (χ4n) is 8.06. The first-order valence-corrected chi connectivity index (χ1v) is 14.0. The minimum absolute atomic E-state index is 0.0109. The van der Waals surface area contributed by atoms with E-state index in [1.54, 1.807) is 43.5 Å². The number of nitriles is 2. The van der Waals surface area contributed by atoms with Crippen molar-refractivity contribution in [3.05, 3.63) is 81.6 Å². The highest BCUT2D eigenvalue weighted by molar-refractivity contribution is 6.33. The van der Waals surface area contributed by atoms with Crippen LogP contribution in [0.2, 0.25) is 5.02 Å². The molecule has 1 unspecified atom stereocenters. The summed E-state index contributed by atoms with van der Waals surface area (Å²) >= 11 is 6.84. The van der Waals surface area contributed by atoms with E-state index in [2.05, 4.69) is 0 Å². The lowest BCUT2D eigenvalue weighted by molar-refractivity contribution is -0.645. The van der Waals surface area contributed by atoms with Gasteiger partial charge >= 0.3 is 0 Å². The summed E-state index contributed by atoms with van der Waals surface area (Å²) in [4.78, 5) is 11.9. The lowest BCUT2D eigenvalue weighted by Gasteiger charge is -2.68. The van der Waals surface area contributed by atoms with E-state index in [1.807, 2.05) is 30.3 Å². The monoisotopic (exact) mass is 554 g/mol. The molecule has 0 radical (unpaired) electrons. The zero-order valence-corrected chi connectivity index (χ0v) is 22.6. The topological polar surface area (TPSA) is 105 Å². The van der Waals surface area contributed by atoms with Crippen LogP contribution in [0.25, 0.3) is 11.6 Å². The number of ether oxygens (including phenoxy) is 2. The van der Waals surface area contributed by atoms with Crippen LogP contribution >= 0.6 is 11.6 Å². The molecule has 7 nitrogen and oxygen atoms in total. The van der Waals surface area contributed by atoms with Crippen LogP contribution in [0.4, 0.5) is 0 Å². The molecule has 1 spiro atoms. The van der Waals surface area contributed by atoms with Gasteiger partial charge in [0.15, 0.2) is 5.60 Å². The summed E-state index contributed by atoms with van der Waals surface area (Å²) in [5.41, 5.74) is 1.55. The maximum Gasteiger partial charge on any atom is 0.262 e. The van der Waals surface area contributed by atoms with E-state index in [9.17, 15) is 15.6 Å². The molecule has 4 bridgehead atoms. The Bertz CT molecular complexity index is 1550. The van der Waals surface area contributed by atoms with Crippen molar-refractivity contribution in [3.8, 4) is 23.6 Å². The number of halogens is 1. The smallest absolute Gasteiger partial charge is 0.262 e. The van der Waals surface area contributed by atoms with Gasteiger partial charge in [0, 0.05) is 29.4 Å². The van der Waals surface area contributed by atoms with Crippen molar-refractivity contribution in [2.75, 3.05) is 7.11 Å². The molecule has 8 rings (SSSR count). The van der Waals surface area contributed by atoms with E-state index < -0.39 is 11.4 Å². The number of para-hydroxylation sites is 1. The Kier molecular flexibility index (Phi) is 5.85. The van der Waals surface area contributed by atoms with E-state index >= 15 is 0 Å². The second-order valence-electron chi connectivity index (χ2n) is 11.4. The average Bonchev–Trinajstić information content (AvgIpc) is 2.95. The number of methoxy groups -OCH3 is 1. The Morgan fingerprint density at radius 3 is 2.33 bits per heavy atom. The molecule has 6 aliphatic rings. The van der Waals surface area contributed by atoms with Gasteiger partial charge in [0.2, 0.25) is 0 Å². The molecule has 2 aromatic carbocycles. The molecular weight excluding hydrogens is 528 g/mol. The van der Waals surface area contributed by atoms with Crippen LogP contribution in [-0.2, 0) is 20.3 Å². The minimum atomic E-state index is -1.18. The van der Waals surface area contributed by atoms with Crippen molar-refractivity contribution in [1.82, 2.24) is 0 Å². The number of benzene rings is 2. The van der Waals surface area contributed by atoms with Crippen LogP contribution < -0.4 is 4.74 Å². The fraction of sp³-hybridized carbons (Fsp3) is 0.375. The number of nitrogens with zero attached hydrogens (tertiary/aromatic N) is 2.